The Kier molecular flexibility index (Phi) is 5.56. The molecule has 254 valence electrons. The molecule has 0 saturated carbocycles. The number of fused-ring (bicyclic) bond motifs is 14. The summed E-state index contributed by atoms with van der Waals surface area (Å²) < 4.78 is 2.23. The number of rotatable bonds is 2. The van der Waals surface area contributed by atoms with Crippen molar-refractivity contribution >= 4 is 49.0 Å². The molecular weight excluding hydrogens is 679 g/mol. The Morgan fingerprint density at radius 3 is 1.77 bits per heavy atom. The Bertz CT molecular complexity index is 3570. The molecule has 0 radical (unpaired) electrons. The summed E-state index contributed by atoms with van der Waals surface area (Å²) in [6, 6.07) is 59.2. The molecule has 0 spiro atoms. The monoisotopic (exact) mass is 705 g/mol. The Hall–Kier alpha value is -7.72. The van der Waals surface area contributed by atoms with Crippen LogP contribution in [0.3, 0.4) is 0 Å². The van der Waals surface area contributed by atoms with Crippen molar-refractivity contribution in [1.29, 1.82) is 5.26 Å². The van der Waals surface area contributed by atoms with E-state index in [2.05, 4.69) is 167 Å². The number of benzene rings is 9. The maximum atomic E-state index is 11.5. The molecule has 0 N–H and O–H groups in total. The van der Waals surface area contributed by atoms with Crippen LogP contribution in [0.15, 0.2) is 158 Å². The van der Waals surface area contributed by atoms with Crippen molar-refractivity contribution in [1.82, 2.24) is 4.57 Å². The fourth-order valence-electron chi connectivity index (χ4n) is 10.7. The number of hydrogen-bond acceptors (Lipinski definition) is 1. The van der Waals surface area contributed by atoms with Gasteiger partial charge in [-0.05, 0) is 107 Å². The standard InChI is InChI=1S/C53H27N3/c1-55-46-25-24-38(50-37-18-7-6-16-33(37)43-26-41-31-14-4-2-12-29(31)35-19-10-21-39(48(35)41)51(43)50)45(28-54)53(46)56-47-23-9-8-17-34(47)44-27-42-32-15-5-3-13-30(32)36-20-11-22-40(49(36)42)52(44)56/h2-27,50H. The summed E-state index contributed by atoms with van der Waals surface area (Å²) in [6.45, 7) is 8.55. The first kappa shape index (κ1) is 29.7. The summed E-state index contributed by atoms with van der Waals surface area (Å²) in [5, 5.41) is 18.5. The molecule has 10 aromatic rings. The minimum absolute atomic E-state index is 0.206. The van der Waals surface area contributed by atoms with Gasteiger partial charge in [-0.15, -0.1) is 0 Å². The van der Waals surface area contributed by atoms with Crippen molar-refractivity contribution in [2.75, 3.05) is 0 Å². The third kappa shape index (κ3) is 3.47. The van der Waals surface area contributed by atoms with Gasteiger partial charge in [0.25, 0.3) is 0 Å². The zero-order valence-electron chi connectivity index (χ0n) is 29.9. The van der Waals surface area contributed by atoms with Crippen LogP contribution in [0.5, 0.6) is 0 Å². The predicted molar refractivity (Wildman–Crippen MR) is 228 cm³/mol. The van der Waals surface area contributed by atoms with Crippen LogP contribution in [-0.2, 0) is 0 Å². The van der Waals surface area contributed by atoms with Crippen LogP contribution in [0.2, 0.25) is 0 Å². The number of nitrogens with zero attached hydrogens (tertiary/aromatic N) is 3. The van der Waals surface area contributed by atoms with E-state index in [1.807, 2.05) is 6.07 Å². The number of nitriles is 1. The molecule has 1 heterocycles. The van der Waals surface area contributed by atoms with Crippen molar-refractivity contribution in [3.8, 4) is 67.4 Å². The van der Waals surface area contributed by atoms with E-state index in [0.717, 1.165) is 32.8 Å². The molecule has 1 aromatic heterocycles. The molecule has 3 nitrogen and oxygen atoms in total. The lowest BCUT2D eigenvalue weighted by molar-refractivity contribution is 1.01. The highest BCUT2D eigenvalue weighted by molar-refractivity contribution is 6.28. The van der Waals surface area contributed by atoms with Gasteiger partial charge in [0.15, 0.2) is 0 Å². The molecule has 0 amide bonds. The first-order chi connectivity index (χ1) is 27.7. The minimum Gasteiger partial charge on any atom is -0.317 e. The van der Waals surface area contributed by atoms with E-state index in [1.54, 1.807) is 0 Å². The minimum atomic E-state index is -0.206. The Labute approximate surface area is 322 Å². The molecule has 0 fully saturated rings. The van der Waals surface area contributed by atoms with E-state index in [4.69, 9.17) is 6.57 Å². The van der Waals surface area contributed by atoms with Crippen LogP contribution < -0.4 is 0 Å². The average Bonchev–Trinajstić information content (AvgIpc) is 3.98. The summed E-state index contributed by atoms with van der Waals surface area (Å²) in [4.78, 5) is 4.15. The average molecular weight is 706 g/mol. The van der Waals surface area contributed by atoms with Crippen LogP contribution in [0.25, 0.3) is 110 Å². The maximum Gasteiger partial charge on any atom is 0.211 e. The third-order valence-electron chi connectivity index (χ3n) is 12.8. The Morgan fingerprint density at radius 1 is 0.482 bits per heavy atom. The summed E-state index contributed by atoms with van der Waals surface area (Å²) in [6.07, 6.45) is 0. The molecule has 0 aliphatic heterocycles. The van der Waals surface area contributed by atoms with Crippen molar-refractivity contribution in [3.63, 3.8) is 0 Å². The van der Waals surface area contributed by atoms with Crippen molar-refractivity contribution < 1.29 is 0 Å². The molecule has 0 bridgehead atoms. The third-order valence-corrected chi connectivity index (χ3v) is 12.8. The lowest BCUT2D eigenvalue weighted by atomic mass is 9.83. The maximum absolute atomic E-state index is 11.5. The fourth-order valence-corrected chi connectivity index (χ4v) is 10.7. The Balaban J connectivity index is 1.15. The van der Waals surface area contributed by atoms with Crippen LogP contribution in [0.1, 0.15) is 28.2 Å². The predicted octanol–water partition coefficient (Wildman–Crippen LogP) is 14.0. The van der Waals surface area contributed by atoms with Gasteiger partial charge in [-0.1, -0.05) is 140 Å². The second-order valence-electron chi connectivity index (χ2n) is 15.2. The number of para-hydroxylation sites is 1. The lowest BCUT2D eigenvalue weighted by Gasteiger charge is -2.22. The van der Waals surface area contributed by atoms with E-state index in [-0.39, 0.29) is 5.92 Å². The lowest BCUT2D eigenvalue weighted by Crippen LogP contribution is -2.07. The highest BCUT2D eigenvalue weighted by atomic mass is 15.0. The normalized spacial score (nSPS) is 13.9. The van der Waals surface area contributed by atoms with Crippen molar-refractivity contribution in [2.45, 2.75) is 5.92 Å². The van der Waals surface area contributed by atoms with Gasteiger partial charge >= 0.3 is 0 Å². The van der Waals surface area contributed by atoms with Crippen molar-refractivity contribution in [2.24, 2.45) is 0 Å². The van der Waals surface area contributed by atoms with Gasteiger partial charge in [0.2, 0.25) is 5.69 Å². The summed E-state index contributed by atoms with van der Waals surface area (Å²) in [5.74, 6) is -0.206. The summed E-state index contributed by atoms with van der Waals surface area (Å²) >= 11 is 0. The molecule has 1 unspecified atom stereocenters. The summed E-state index contributed by atoms with van der Waals surface area (Å²) in [7, 11) is 0. The first-order valence-electron chi connectivity index (χ1n) is 19.1. The van der Waals surface area contributed by atoms with Gasteiger partial charge in [-0.25, -0.2) is 4.85 Å². The van der Waals surface area contributed by atoms with Crippen LogP contribution in [-0.4, -0.2) is 4.57 Å². The Morgan fingerprint density at radius 2 is 1.05 bits per heavy atom. The van der Waals surface area contributed by atoms with E-state index < -0.39 is 0 Å². The van der Waals surface area contributed by atoms with E-state index in [1.165, 1.54) is 82.9 Å². The van der Waals surface area contributed by atoms with Crippen molar-refractivity contribution in [3.05, 3.63) is 191 Å². The van der Waals surface area contributed by atoms with Gasteiger partial charge < -0.3 is 4.57 Å². The SMILES string of the molecule is [C-]#[N+]c1ccc(C2c3ccccc3-c3cc4c5c(cccc5c32)-c2ccccc2-4)c(C#N)c1-n1c2ccccc2c2cc3c4c(cccc4c21)-c1ccccc1-3. The zero-order valence-corrected chi connectivity index (χ0v) is 29.9. The van der Waals surface area contributed by atoms with Crippen LogP contribution >= 0.6 is 0 Å². The quantitative estimate of drug-likeness (QED) is 0.165. The smallest absolute Gasteiger partial charge is 0.211 e. The van der Waals surface area contributed by atoms with Gasteiger partial charge in [0.05, 0.1) is 28.9 Å². The molecule has 13 rings (SSSR count). The highest BCUT2D eigenvalue weighted by Crippen LogP contribution is 2.58. The van der Waals surface area contributed by atoms with E-state index >= 15 is 0 Å². The van der Waals surface area contributed by atoms with Gasteiger partial charge in [0, 0.05) is 22.1 Å². The molecule has 9 aromatic carbocycles. The number of aromatic nitrogens is 1. The molecule has 1 atom stereocenters. The molecule has 3 aliphatic rings. The van der Waals surface area contributed by atoms with E-state index in [0.29, 0.717) is 16.9 Å². The molecule has 3 aliphatic carbocycles. The summed E-state index contributed by atoms with van der Waals surface area (Å²) in [5.41, 5.74) is 19.3. The van der Waals surface area contributed by atoms with Gasteiger partial charge in [-0.2, -0.15) is 5.26 Å². The second-order valence-corrected chi connectivity index (χ2v) is 15.2. The zero-order chi connectivity index (χ0) is 36.8. The van der Waals surface area contributed by atoms with Crippen LogP contribution in [0, 0.1) is 17.9 Å². The number of hydrogen-bond donors (Lipinski definition) is 0. The topological polar surface area (TPSA) is 33.1 Å². The first-order valence-corrected chi connectivity index (χ1v) is 19.1. The largest absolute Gasteiger partial charge is 0.317 e. The van der Waals surface area contributed by atoms with Gasteiger partial charge in [0.1, 0.15) is 6.07 Å². The van der Waals surface area contributed by atoms with E-state index in [9.17, 15) is 5.26 Å². The second kappa shape index (κ2) is 10.5. The molecular formula is C53H27N3. The molecule has 56 heavy (non-hydrogen) atoms. The van der Waals surface area contributed by atoms with Crippen LogP contribution in [0.4, 0.5) is 5.69 Å². The van der Waals surface area contributed by atoms with Gasteiger partial charge in [-0.3, -0.25) is 0 Å². The molecule has 0 saturated heterocycles. The fraction of sp³-hybridized carbons (Fsp3) is 0.0189. The highest BCUT2D eigenvalue weighted by Gasteiger charge is 2.37. The molecule has 3 heteroatoms.